The second-order valence-corrected chi connectivity index (χ2v) is 8.66. The van der Waals surface area contributed by atoms with Gasteiger partial charge in [0.1, 0.15) is 5.75 Å². The predicted molar refractivity (Wildman–Crippen MR) is 132 cm³/mol. The third-order valence-electron chi connectivity index (χ3n) is 6.49. The van der Waals surface area contributed by atoms with Gasteiger partial charge in [-0.1, -0.05) is 75.1 Å². The number of benzene rings is 2. The number of likely N-dealkylation sites (tertiary alicyclic amines) is 1. The summed E-state index contributed by atoms with van der Waals surface area (Å²) in [5, 5.41) is 12.3. The maximum Gasteiger partial charge on any atom is 0.119 e. The van der Waals surface area contributed by atoms with Crippen LogP contribution in [0.5, 0.6) is 5.75 Å². The van der Waals surface area contributed by atoms with Gasteiger partial charge >= 0.3 is 0 Å². The number of ether oxygens (including phenoxy) is 1. The van der Waals surface area contributed by atoms with Crippen molar-refractivity contribution >= 4 is 12.4 Å². The van der Waals surface area contributed by atoms with Gasteiger partial charge in [0, 0.05) is 12.5 Å². The van der Waals surface area contributed by atoms with E-state index in [2.05, 4.69) is 54.3 Å². The molecule has 0 aromatic heterocycles. The van der Waals surface area contributed by atoms with E-state index in [9.17, 15) is 5.11 Å². The van der Waals surface area contributed by atoms with Gasteiger partial charge in [0.15, 0.2) is 0 Å². The van der Waals surface area contributed by atoms with E-state index in [1.54, 1.807) is 0 Å². The molecule has 2 atom stereocenters. The number of hydrogen-bond acceptors (Lipinski definition) is 3. The van der Waals surface area contributed by atoms with Crippen LogP contribution < -0.4 is 4.74 Å². The molecule has 1 heterocycles. The maximum absolute atomic E-state index is 12.3. The Bertz CT molecular complexity index is 731. The van der Waals surface area contributed by atoms with Crippen LogP contribution in [0.3, 0.4) is 0 Å². The molecule has 1 saturated heterocycles. The van der Waals surface area contributed by atoms with Gasteiger partial charge in [0.25, 0.3) is 0 Å². The summed E-state index contributed by atoms with van der Waals surface area (Å²) >= 11 is 0. The van der Waals surface area contributed by atoms with Crippen LogP contribution in [0.1, 0.15) is 75.8 Å². The van der Waals surface area contributed by atoms with E-state index >= 15 is 0 Å². The van der Waals surface area contributed by atoms with Crippen LogP contribution in [0.15, 0.2) is 54.6 Å². The van der Waals surface area contributed by atoms with Gasteiger partial charge in [-0.25, -0.2) is 0 Å². The first-order valence-corrected chi connectivity index (χ1v) is 11.9. The monoisotopic (exact) mass is 445 g/mol. The summed E-state index contributed by atoms with van der Waals surface area (Å²) in [6.07, 6.45) is 7.96. The van der Waals surface area contributed by atoms with Gasteiger partial charge in [-0.3, -0.25) is 0 Å². The highest BCUT2D eigenvalue weighted by Crippen LogP contribution is 2.42. The Morgan fingerprint density at radius 2 is 1.61 bits per heavy atom. The van der Waals surface area contributed by atoms with Crippen molar-refractivity contribution in [1.82, 2.24) is 4.90 Å². The standard InChI is InChI=1S/C27H39NO2.ClH/c1-3-5-10-19-27(29,24-15-17-25(18-16-24)30-4-2)26(23-13-8-6-9-14-23)22-28-20-11-7-12-21-28;/h6,8-9,13-18,26,29H,3-5,7,10-12,19-22H2,1-2H3;1H. The number of nitrogens with zero attached hydrogens (tertiary/aromatic N) is 1. The van der Waals surface area contributed by atoms with Gasteiger partial charge in [0.2, 0.25) is 0 Å². The zero-order valence-electron chi connectivity index (χ0n) is 19.3. The fourth-order valence-electron chi connectivity index (χ4n) is 4.79. The number of unbranched alkanes of at least 4 members (excludes halogenated alkanes) is 2. The fourth-order valence-corrected chi connectivity index (χ4v) is 4.79. The molecule has 0 amide bonds. The Morgan fingerprint density at radius 1 is 0.935 bits per heavy atom. The molecule has 1 N–H and O–H groups in total. The molecular weight excluding hydrogens is 406 g/mol. The number of halogens is 1. The Kier molecular flexibility index (Phi) is 10.9. The molecule has 3 nitrogen and oxygen atoms in total. The van der Waals surface area contributed by atoms with Crippen LogP contribution in [0.25, 0.3) is 0 Å². The lowest BCUT2D eigenvalue weighted by Crippen LogP contribution is -2.42. The minimum atomic E-state index is -0.890. The number of rotatable bonds is 11. The Morgan fingerprint density at radius 3 is 2.23 bits per heavy atom. The molecule has 4 heteroatoms. The van der Waals surface area contributed by atoms with Crippen molar-refractivity contribution in [3.8, 4) is 5.75 Å². The predicted octanol–water partition coefficient (Wildman–Crippen LogP) is 6.54. The van der Waals surface area contributed by atoms with Crippen molar-refractivity contribution in [3.05, 3.63) is 65.7 Å². The lowest BCUT2D eigenvalue weighted by Gasteiger charge is -2.41. The second-order valence-electron chi connectivity index (χ2n) is 8.66. The molecule has 31 heavy (non-hydrogen) atoms. The van der Waals surface area contributed by atoms with E-state index in [0.717, 1.165) is 56.6 Å². The number of hydrogen-bond donors (Lipinski definition) is 1. The highest BCUT2D eigenvalue weighted by Gasteiger charge is 2.40. The molecule has 0 saturated carbocycles. The van der Waals surface area contributed by atoms with Crippen molar-refractivity contribution in [2.24, 2.45) is 0 Å². The second kappa shape index (κ2) is 13.1. The highest BCUT2D eigenvalue weighted by atomic mass is 35.5. The van der Waals surface area contributed by atoms with E-state index in [1.807, 2.05) is 19.1 Å². The highest BCUT2D eigenvalue weighted by molar-refractivity contribution is 5.85. The average molecular weight is 446 g/mol. The van der Waals surface area contributed by atoms with E-state index in [0.29, 0.717) is 6.61 Å². The lowest BCUT2D eigenvalue weighted by molar-refractivity contribution is -0.0167. The molecule has 2 aromatic rings. The zero-order valence-corrected chi connectivity index (χ0v) is 20.1. The Balaban J connectivity index is 0.00000341. The van der Waals surface area contributed by atoms with Gasteiger partial charge in [-0.05, 0) is 62.5 Å². The van der Waals surface area contributed by atoms with Crippen molar-refractivity contribution in [2.45, 2.75) is 70.3 Å². The molecule has 2 aromatic carbocycles. The molecule has 0 aliphatic carbocycles. The summed E-state index contributed by atoms with van der Waals surface area (Å²) in [4.78, 5) is 2.56. The molecule has 2 unspecified atom stereocenters. The molecule has 0 spiro atoms. The maximum atomic E-state index is 12.3. The third-order valence-corrected chi connectivity index (χ3v) is 6.49. The van der Waals surface area contributed by atoms with Crippen LogP contribution in [0.2, 0.25) is 0 Å². The van der Waals surface area contributed by atoms with Gasteiger partial charge in [0.05, 0.1) is 12.2 Å². The Labute approximate surface area is 195 Å². The largest absolute Gasteiger partial charge is 0.494 e. The van der Waals surface area contributed by atoms with Crippen LogP contribution >= 0.6 is 12.4 Å². The minimum absolute atomic E-state index is 0. The topological polar surface area (TPSA) is 32.7 Å². The van der Waals surface area contributed by atoms with Gasteiger partial charge in [-0.15, -0.1) is 12.4 Å². The minimum Gasteiger partial charge on any atom is -0.494 e. The molecule has 1 aliphatic heterocycles. The molecule has 0 bridgehead atoms. The van der Waals surface area contributed by atoms with Gasteiger partial charge in [-0.2, -0.15) is 0 Å². The first kappa shape index (κ1) is 25.7. The summed E-state index contributed by atoms with van der Waals surface area (Å²) in [5.74, 6) is 0.913. The first-order valence-electron chi connectivity index (χ1n) is 11.9. The summed E-state index contributed by atoms with van der Waals surface area (Å²) in [5.41, 5.74) is 1.35. The van der Waals surface area contributed by atoms with Crippen LogP contribution in [-0.4, -0.2) is 36.2 Å². The summed E-state index contributed by atoms with van der Waals surface area (Å²) in [7, 11) is 0. The molecular formula is C27H40ClNO2. The summed E-state index contributed by atoms with van der Waals surface area (Å²) in [6, 6.07) is 18.8. The summed E-state index contributed by atoms with van der Waals surface area (Å²) in [6.45, 7) is 8.05. The van der Waals surface area contributed by atoms with E-state index in [1.165, 1.54) is 24.8 Å². The van der Waals surface area contributed by atoms with Crippen molar-refractivity contribution in [3.63, 3.8) is 0 Å². The molecule has 1 fully saturated rings. The molecule has 0 radical (unpaired) electrons. The van der Waals surface area contributed by atoms with Crippen LogP contribution in [-0.2, 0) is 5.60 Å². The zero-order chi connectivity index (χ0) is 21.2. The Hall–Kier alpha value is -1.55. The molecule has 3 rings (SSSR count). The first-order chi connectivity index (χ1) is 14.7. The lowest BCUT2D eigenvalue weighted by atomic mass is 9.73. The smallest absolute Gasteiger partial charge is 0.119 e. The van der Waals surface area contributed by atoms with Crippen LogP contribution in [0.4, 0.5) is 0 Å². The van der Waals surface area contributed by atoms with E-state index < -0.39 is 5.60 Å². The van der Waals surface area contributed by atoms with Gasteiger partial charge < -0.3 is 14.7 Å². The summed E-state index contributed by atoms with van der Waals surface area (Å²) < 4.78 is 5.65. The van der Waals surface area contributed by atoms with Crippen molar-refractivity contribution < 1.29 is 9.84 Å². The van der Waals surface area contributed by atoms with E-state index in [4.69, 9.17) is 4.74 Å². The van der Waals surface area contributed by atoms with Crippen LogP contribution in [0, 0.1) is 0 Å². The average Bonchev–Trinajstić information content (AvgIpc) is 2.79. The quantitative estimate of drug-likeness (QED) is 0.398. The normalized spacial score (nSPS) is 17.4. The number of piperidine rings is 1. The number of aliphatic hydroxyl groups is 1. The fraction of sp³-hybridized carbons (Fsp3) is 0.556. The van der Waals surface area contributed by atoms with Crippen molar-refractivity contribution in [1.29, 1.82) is 0 Å². The SMILES string of the molecule is CCCCCC(O)(c1ccc(OCC)cc1)C(CN1CCCCC1)c1ccccc1.Cl. The molecule has 1 aliphatic rings. The van der Waals surface area contributed by atoms with E-state index in [-0.39, 0.29) is 18.3 Å². The third kappa shape index (κ3) is 6.97. The van der Waals surface area contributed by atoms with Crippen molar-refractivity contribution in [2.75, 3.05) is 26.2 Å². The molecule has 172 valence electrons.